The van der Waals surface area contributed by atoms with Crippen molar-refractivity contribution in [1.29, 1.82) is 0 Å². The molecule has 0 unspecified atom stereocenters. The molecule has 3 N–H and O–H groups in total. The van der Waals surface area contributed by atoms with Crippen molar-refractivity contribution in [3.63, 3.8) is 0 Å². The van der Waals surface area contributed by atoms with Crippen molar-refractivity contribution in [3.05, 3.63) is 59.7 Å². The first-order valence-corrected chi connectivity index (χ1v) is 6.91. The molecule has 122 valence electrons. The van der Waals surface area contributed by atoms with Gasteiger partial charge in [0.2, 0.25) is 0 Å². The number of nitrogens with zero attached hydrogens (tertiary/aromatic N) is 1. The molecule has 0 spiro atoms. The zero-order valence-corrected chi connectivity index (χ0v) is 12.3. The lowest BCUT2D eigenvalue weighted by Gasteiger charge is -2.07. The molecule has 0 fully saturated rings. The Bertz CT molecular complexity index is 624. The summed E-state index contributed by atoms with van der Waals surface area (Å²) in [6.07, 6.45) is 0.620. The van der Waals surface area contributed by atoms with Gasteiger partial charge in [0.05, 0.1) is 18.4 Å². The monoisotopic (exact) mass is 319 g/mol. The standard InChI is InChI=1S/C16H17NO6/c18-14-5-7-15(8-6-14)23-16(19)11-13-3-1-12(2-4-13)9-10-22-17(20)21/h1-8,18,20-21H,9-11H2. The minimum Gasteiger partial charge on any atom is -0.508 e. The van der Waals surface area contributed by atoms with Crippen LogP contribution in [0.25, 0.3) is 0 Å². The highest BCUT2D eigenvalue weighted by molar-refractivity contribution is 5.75. The van der Waals surface area contributed by atoms with Gasteiger partial charge >= 0.3 is 5.97 Å². The van der Waals surface area contributed by atoms with E-state index in [1.807, 2.05) is 12.1 Å². The third-order valence-corrected chi connectivity index (χ3v) is 3.04. The summed E-state index contributed by atoms with van der Waals surface area (Å²) >= 11 is 0. The second kappa shape index (κ2) is 8.25. The van der Waals surface area contributed by atoms with Gasteiger partial charge in [-0.15, -0.1) is 0 Å². The van der Waals surface area contributed by atoms with E-state index in [9.17, 15) is 4.79 Å². The highest BCUT2D eigenvalue weighted by Gasteiger charge is 2.07. The summed E-state index contributed by atoms with van der Waals surface area (Å²) < 4.78 is 5.16. The lowest BCUT2D eigenvalue weighted by molar-refractivity contribution is -0.492. The molecule has 0 amide bonds. The zero-order chi connectivity index (χ0) is 16.7. The second-order valence-electron chi connectivity index (χ2n) is 4.80. The number of hydrogen-bond acceptors (Lipinski definition) is 7. The third-order valence-electron chi connectivity index (χ3n) is 3.04. The molecular weight excluding hydrogens is 302 g/mol. The topological polar surface area (TPSA) is 99.5 Å². The van der Waals surface area contributed by atoms with E-state index in [-0.39, 0.29) is 24.2 Å². The Labute approximate surface area is 132 Å². The summed E-state index contributed by atoms with van der Waals surface area (Å²) in [5.74, 6) is 0.0805. The van der Waals surface area contributed by atoms with Crippen LogP contribution in [0, 0.1) is 0 Å². The lowest BCUT2D eigenvalue weighted by atomic mass is 10.1. The highest BCUT2D eigenvalue weighted by atomic mass is 17.1. The number of ether oxygens (including phenoxy) is 1. The molecule has 23 heavy (non-hydrogen) atoms. The van der Waals surface area contributed by atoms with Gasteiger partial charge in [-0.3, -0.25) is 20.0 Å². The van der Waals surface area contributed by atoms with Crippen molar-refractivity contribution in [2.75, 3.05) is 6.61 Å². The predicted octanol–water partition coefficient (Wildman–Crippen LogP) is 2.09. The molecule has 0 atom stereocenters. The number of hydrogen-bond donors (Lipinski definition) is 3. The van der Waals surface area contributed by atoms with Crippen molar-refractivity contribution in [2.45, 2.75) is 12.8 Å². The summed E-state index contributed by atoms with van der Waals surface area (Å²) in [7, 11) is 0. The van der Waals surface area contributed by atoms with Crippen LogP contribution in [0.1, 0.15) is 11.1 Å². The van der Waals surface area contributed by atoms with Crippen LogP contribution < -0.4 is 4.74 Å². The van der Waals surface area contributed by atoms with E-state index in [4.69, 9.17) is 20.3 Å². The van der Waals surface area contributed by atoms with Gasteiger partial charge in [-0.2, -0.15) is 0 Å². The third kappa shape index (κ3) is 6.05. The molecule has 2 aromatic carbocycles. The van der Waals surface area contributed by atoms with Crippen molar-refractivity contribution in [1.82, 2.24) is 5.39 Å². The van der Waals surface area contributed by atoms with E-state index in [0.29, 0.717) is 12.2 Å². The maximum atomic E-state index is 11.8. The minimum absolute atomic E-state index is 0.106. The molecule has 0 saturated heterocycles. The normalized spacial score (nSPS) is 10.7. The SMILES string of the molecule is O=C(Cc1ccc(CCON(O)O)cc1)Oc1ccc(O)cc1. The molecule has 0 bridgehead atoms. The number of carbonyl (C=O) groups is 1. The number of aromatic hydroxyl groups is 1. The van der Waals surface area contributed by atoms with Crippen molar-refractivity contribution in [3.8, 4) is 11.5 Å². The van der Waals surface area contributed by atoms with Crippen LogP contribution in [0.5, 0.6) is 11.5 Å². The van der Waals surface area contributed by atoms with E-state index in [1.165, 1.54) is 24.3 Å². The largest absolute Gasteiger partial charge is 0.508 e. The maximum absolute atomic E-state index is 11.8. The average Bonchev–Trinajstić information content (AvgIpc) is 2.51. The quantitative estimate of drug-likeness (QED) is 0.408. The second-order valence-corrected chi connectivity index (χ2v) is 4.80. The molecule has 2 rings (SSSR count). The molecule has 0 aliphatic rings. The van der Waals surface area contributed by atoms with Gasteiger partial charge in [-0.1, -0.05) is 24.3 Å². The number of phenolic OH excluding ortho intramolecular Hbond substituents is 1. The Morgan fingerprint density at radius 2 is 1.57 bits per heavy atom. The van der Waals surface area contributed by atoms with Crippen molar-refractivity contribution < 1.29 is 29.9 Å². The summed E-state index contributed by atoms with van der Waals surface area (Å²) in [4.78, 5) is 16.3. The van der Waals surface area contributed by atoms with Crippen LogP contribution in [0.4, 0.5) is 0 Å². The molecule has 7 heteroatoms. The molecule has 0 radical (unpaired) electrons. The smallest absolute Gasteiger partial charge is 0.315 e. The van der Waals surface area contributed by atoms with Crippen molar-refractivity contribution in [2.24, 2.45) is 0 Å². The Balaban J connectivity index is 1.82. The fourth-order valence-corrected chi connectivity index (χ4v) is 1.92. The molecule has 7 nitrogen and oxygen atoms in total. The maximum Gasteiger partial charge on any atom is 0.315 e. The Hall–Kier alpha value is -2.45. The van der Waals surface area contributed by atoms with Gasteiger partial charge in [0.15, 0.2) is 0 Å². The van der Waals surface area contributed by atoms with Gasteiger partial charge < -0.3 is 9.84 Å². The van der Waals surface area contributed by atoms with Crippen LogP contribution in [0.2, 0.25) is 0 Å². The lowest BCUT2D eigenvalue weighted by Crippen LogP contribution is -2.16. The average molecular weight is 319 g/mol. The first-order chi connectivity index (χ1) is 11.0. The van der Waals surface area contributed by atoms with Crippen LogP contribution >= 0.6 is 0 Å². The highest BCUT2D eigenvalue weighted by Crippen LogP contribution is 2.16. The van der Waals surface area contributed by atoms with Crippen molar-refractivity contribution >= 4 is 5.97 Å². The van der Waals surface area contributed by atoms with E-state index in [2.05, 4.69) is 4.84 Å². The van der Waals surface area contributed by atoms with Gasteiger partial charge in [0.25, 0.3) is 0 Å². The predicted molar refractivity (Wildman–Crippen MR) is 79.0 cm³/mol. The summed E-state index contributed by atoms with van der Waals surface area (Å²) in [6.45, 7) is 0.120. The Kier molecular flexibility index (Phi) is 6.07. The molecular formula is C16H17NO6. The molecule has 0 heterocycles. The molecule has 0 saturated carbocycles. The van der Waals surface area contributed by atoms with Gasteiger partial charge in [0, 0.05) is 0 Å². The van der Waals surface area contributed by atoms with E-state index >= 15 is 0 Å². The van der Waals surface area contributed by atoms with E-state index < -0.39 is 5.97 Å². The summed E-state index contributed by atoms with van der Waals surface area (Å²) in [6, 6.07) is 13.2. The molecule has 0 aliphatic heterocycles. The van der Waals surface area contributed by atoms with Gasteiger partial charge in [-0.25, -0.2) is 0 Å². The van der Waals surface area contributed by atoms with Gasteiger partial charge in [0.1, 0.15) is 11.5 Å². The first kappa shape index (κ1) is 16.9. The fourth-order valence-electron chi connectivity index (χ4n) is 1.92. The zero-order valence-electron chi connectivity index (χ0n) is 12.3. The van der Waals surface area contributed by atoms with E-state index in [0.717, 1.165) is 11.1 Å². The number of benzene rings is 2. The summed E-state index contributed by atoms with van der Waals surface area (Å²) in [5.41, 5.74) is 1.73. The molecule has 2 aromatic rings. The van der Waals surface area contributed by atoms with Crippen LogP contribution in [-0.4, -0.2) is 33.5 Å². The fraction of sp³-hybridized carbons (Fsp3) is 0.188. The number of esters is 1. The summed E-state index contributed by atoms with van der Waals surface area (Å²) in [5, 5.41) is 25.7. The number of carbonyl (C=O) groups excluding carboxylic acids is 1. The van der Waals surface area contributed by atoms with Gasteiger partial charge in [-0.05, 0) is 41.8 Å². The Morgan fingerprint density at radius 3 is 2.17 bits per heavy atom. The van der Waals surface area contributed by atoms with E-state index in [1.54, 1.807) is 12.1 Å². The minimum atomic E-state index is -0.400. The first-order valence-electron chi connectivity index (χ1n) is 6.91. The van der Waals surface area contributed by atoms with Crippen LogP contribution in [-0.2, 0) is 22.5 Å². The Morgan fingerprint density at radius 1 is 0.957 bits per heavy atom. The van der Waals surface area contributed by atoms with Crippen LogP contribution in [0.15, 0.2) is 48.5 Å². The number of phenols is 1. The molecule has 0 aromatic heterocycles. The molecule has 0 aliphatic carbocycles. The van der Waals surface area contributed by atoms with Crippen LogP contribution in [0.3, 0.4) is 0 Å². The number of rotatable bonds is 7.